The highest BCUT2D eigenvalue weighted by Crippen LogP contribution is 2.45. The fourth-order valence-electron chi connectivity index (χ4n) is 5.63. The third-order valence-corrected chi connectivity index (χ3v) is 8.31. The molecule has 3 heterocycles. The highest BCUT2D eigenvalue weighted by Gasteiger charge is 2.41. The Balaban J connectivity index is 1.43. The van der Waals surface area contributed by atoms with Gasteiger partial charge < -0.3 is 4.90 Å². The average molecular weight is 577 g/mol. The third-order valence-electron chi connectivity index (χ3n) is 7.35. The van der Waals surface area contributed by atoms with E-state index in [1.807, 2.05) is 47.1 Å². The van der Waals surface area contributed by atoms with E-state index in [1.54, 1.807) is 12.3 Å². The second kappa shape index (κ2) is 10.1. The van der Waals surface area contributed by atoms with Gasteiger partial charge in [0.05, 0.1) is 16.8 Å². The maximum Gasteiger partial charge on any atom is 0.245 e. The van der Waals surface area contributed by atoms with E-state index in [1.165, 1.54) is 4.73 Å². The lowest BCUT2D eigenvalue weighted by atomic mass is 9.76. The number of amides is 1. The highest BCUT2D eigenvalue weighted by molar-refractivity contribution is 9.10. The Bertz CT molecular complexity index is 1210. The Morgan fingerprint density at radius 2 is 1.80 bits per heavy atom. The van der Waals surface area contributed by atoms with Crippen LogP contribution < -0.4 is 9.30 Å². The van der Waals surface area contributed by atoms with Crippen molar-refractivity contribution in [3.63, 3.8) is 0 Å². The molecule has 5 nitrogen and oxygen atoms in total. The molecule has 35 heavy (non-hydrogen) atoms. The molecule has 1 aliphatic heterocycles. The molecule has 5 rings (SSSR count). The van der Waals surface area contributed by atoms with E-state index < -0.39 is 0 Å². The van der Waals surface area contributed by atoms with Crippen LogP contribution in [0.3, 0.4) is 0 Å². The molecule has 2 aliphatic rings. The zero-order valence-electron chi connectivity index (χ0n) is 19.6. The van der Waals surface area contributed by atoms with Crippen molar-refractivity contribution in [3.05, 3.63) is 91.4 Å². The number of hydrogen-bond acceptors (Lipinski definition) is 2. The van der Waals surface area contributed by atoms with Crippen molar-refractivity contribution < 1.29 is 19.3 Å². The van der Waals surface area contributed by atoms with Gasteiger partial charge in [-0.05, 0) is 82.4 Å². The summed E-state index contributed by atoms with van der Waals surface area (Å²) in [6, 6.07) is 9.90. The van der Waals surface area contributed by atoms with E-state index in [9.17, 15) is 10.0 Å². The van der Waals surface area contributed by atoms with E-state index in [0.717, 1.165) is 58.1 Å². The van der Waals surface area contributed by atoms with Crippen LogP contribution in [0, 0.1) is 5.92 Å². The topological polar surface area (TPSA) is 48.3 Å². The minimum atomic E-state index is -0.0725. The predicted molar refractivity (Wildman–Crippen MR) is 138 cm³/mol. The minimum Gasteiger partial charge on any atom is -0.342 e. The number of piperidine rings is 1. The van der Waals surface area contributed by atoms with Gasteiger partial charge >= 0.3 is 0 Å². The van der Waals surface area contributed by atoms with Crippen LogP contribution in [-0.4, -0.2) is 29.1 Å². The Morgan fingerprint density at radius 3 is 2.51 bits per heavy atom. The van der Waals surface area contributed by atoms with E-state index in [2.05, 4.69) is 22.0 Å². The van der Waals surface area contributed by atoms with E-state index in [-0.39, 0.29) is 17.7 Å². The summed E-state index contributed by atoms with van der Waals surface area (Å²) in [5.41, 5.74) is 5.21. The number of pyridine rings is 2. The van der Waals surface area contributed by atoms with Crippen LogP contribution in [0.25, 0.3) is 0 Å². The molecule has 0 spiro atoms. The number of hydrogen-bond donors (Lipinski definition) is 1. The SMILES string of the molecule is C[n+]1ccc(CC(=O)N2CCC([C@@H]3c4c(Cl)cc(Cl)cc4CCc4cc(Br)c[n+](O)c43)CC2)cc1. The van der Waals surface area contributed by atoms with Gasteiger partial charge in [0.2, 0.25) is 17.8 Å². The molecule has 1 aliphatic carbocycles. The quantitative estimate of drug-likeness (QED) is 0.359. The molecule has 0 unspecified atom stereocenters. The molecule has 0 saturated carbocycles. The number of nitrogens with zero attached hydrogens (tertiary/aromatic N) is 3. The van der Waals surface area contributed by atoms with Crippen molar-refractivity contribution in [2.75, 3.05) is 13.1 Å². The van der Waals surface area contributed by atoms with Crippen molar-refractivity contribution in [2.45, 2.75) is 38.0 Å². The summed E-state index contributed by atoms with van der Waals surface area (Å²) in [6.45, 7) is 1.39. The lowest BCUT2D eigenvalue weighted by Crippen LogP contribution is -2.44. The first-order valence-corrected chi connectivity index (χ1v) is 13.5. The molecule has 182 valence electrons. The Kier molecular flexibility index (Phi) is 7.06. The average Bonchev–Trinajstić information content (AvgIpc) is 2.98. The molecule has 1 atom stereocenters. The molecule has 1 N–H and O–H groups in total. The molecule has 8 heteroatoms. The van der Waals surface area contributed by atoms with Crippen LogP contribution in [0.1, 0.15) is 46.7 Å². The van der Waals surface area contributed by atoms with Crippen LogP contribution in [0.5, 0.6) is 0 Å². The summed E-state index contributed by atoms with van der Waals surface area (Å²) in [5, 5.41) is 12.3. The van der Waals surface area contributed by atoms with Crippen molar-refractivity contribution in [3.8, 4) is 0 Å². The third kappa shape index (κ3) is 5.07. The summed E-state index contributed by atoms with van der Waals surface area (Å²) in [4.78, 5) is 15.0. The van der Waals surface area contributed by atoms with E-state index in [4.69, 9.17) is 23.2 Å². The summed E-state index contributed by atoms with van der Waals surface area (Å²) in [7, 11) is 1.97. The van der Waals surface area contributed by atoms with Crippen molar-refractivity contribution in [1.29, 1.82) is 0 Å². The van der Waals surface area contributed by atoms with Gasteiger partial charge in [0.25, 0.3) is 0 Å². The summed E-state index contributed by atoms with van der Waals surface area (Å²) >= 11 is 16.7. The number of halogens is 3. The maximum atomic E-state index is 13.0. The molecule has 1 fully saturated rings. The van der Waals surface area contributed by atoms with Gasteiger partial charge in [-0.1, -0.05) is 23.2 Å². The molecule has 2 aromatic heterocycles. The molecule has 1 saturated heterocycles. The minimum absolute atomic E-state index is 0.0725. The largest absolute Gasteiger partial charge is 0.342 e. The standard InChI is InChI=1S/C27H28BrCl2N3O2/c1-31-8-4-17(5-9-31)12-24(34)32-10-6-18(7-11-32)26-25-19(14-22(29)15-23(25)30)2-3-20-13-21(28)16-33(35)27(20)26/h4-5,8-9,13-16,18,26,35H,2-3,6-7,10-12H2,1H3/q+2/t26-/m1/s1. The van der Waals surface area contributed by atoms with E-state index >= 15 is 0 Å². The second-order valence-corrected chi connectivity index (χ2v) is 11.4. The summed E-state index contributed by atoms with van der Waals surface area (Å²) in [5.74, 6) is 0.324. The Morgan fingerprint density at radius 1 is 1.11 bits per heavy atom. The van der Waals surface area contributed by atoms with Crippen LogP contribution in [0.15, 0.2) is 53.4 Å². The summed E-state index contributed by atoms with van der Waals surface area (Å²) in [6.07, 6.45) is 9.32. The van der Waals surface area contributed by atoms with Gasteiger partial charge in [-0.25, -0.2) is 4.57 Å². The van der Waals surface area contributed by atoms with Crippen molar-refractivity contribution in [1.82, 2.24) is 4.90 Å². The smallest absolute Gasteiger partial charge is 0.245 e. The first-order chi connectivity index (χ1) is 16.8. The van der Waals surface area contributed by atoms with Crippen LogP contribution in [-0.2, 0) is 31.1 Å². The molecular weight excluding hydrogens is 549 g/mol. The Labute approximate surface area is 224 Å². The predicted octanol–water partition coefficient (Wildman–Crippen LogP) is 4.82. The monoisotopic (exact) mass is 575 g/mol. The lowest BCUT2D eigenvalue weighted by molar-refractivity contribution is -0.910. The van der Waals surface area contributed by atoms with Crippen molar-refractivity contribution >= 4 is 45.0 Å². The van der Waals surface area contributed by atoms with Gasteiger partial charge in [-0.2, -0.15) is 0 Å². The van der Waals surface area contributed by atoms with Gasteiger partial charge in [-0.15, -0.1) is 0 Å². The fraction of sp³-hybridized carbons (Fsp3) is 0.370. The van der Waals surface area contributed by atoms with Crippen LogP contribution >= 0.6 is 39.1 Å². The molecular formula is C27H28BrCl2N3O2+2. The maximum absolute atomic E-state index is 13.0. The first kappa shape index (κ1) is 24.5. The molecule has 1 amide bonds. The number of likely N-dealkylation sites (tertiary alicyclic amines) is 1. The fourth-order valence-corrected chi connectivity index (χ4v) is 6.75. The zero-order chi connectivity index (χ0) is 24.7. The molecule has 0 radical (unpaired) electrons. The lowest BCUT2D eigenvalue weighted by Gasteiger charge is -2.36. The van der Waals surface area contributed by atoms with Crippen molar-refractivity contribution in [2.24, 2.45) is 13.0 Å². The number of fused-ring (bicyclic) bond motifs is 2. The van der Waals surface area contributed by atoms with Gasteiger partial charge in [0.1, 0.15) is 7.05 Å². The number of benzene rings is 1. The normalized spacial score (nSPS) is 18.1. The zero-order valence-corrected chi connectivity index (χ0v) is 22.7. The van der Waals surface area contributed by atoms with Crippen LogP contribution in [0.4, 0.5) is 0 Å². The van der Waals surface area contributed by atoms with E-state index in [0.29, 0.717) is 29.6 Å². The van der Waals surface area contributed by atoms with Gasteiger partial charge in [0.15, 0.2) is 12.4 Å². The highest BCUT2D eigenvalue weighted by atomic mass is 79.9. The number of carbonyl (C=O) groups excluding carboxylic acids is 1. The number of rotatable bonds is 3. The molecule has 1 aromatic carbocycles. The number of aryl methyl sites for hydroxylation is 3. The first-order valence-electron chi connectivity index (χ1n) is 11.9. The molecule has 0 bridgehead atoms. The Hall–Kier alpha value is -2.15. The number of carbonyl (C=O) groups is 1. The molecule has 3 aromatic rings. The van der Waals surface area contributed by atoms with Crippen LogP contribution in [0.2, 0.25) is 10.0 Å². The van der Waals surface area contributed by atoms with Gasteiger partial charge in [-0.3, -0.25) is 10.0 Å². The second-order valence-electron chi connectivity index (χ2n) is 9.62. The van der Waals surface area contributed by atoms with Gasteiger partial charge in [0, 0.05) is 45.6 Å². The number of aromatic nitrogens is 2. The summed E-state index contributed by atoms with van der Waals surface area (Å²) < 4.78 is 4.06.